The minimum absolute atomic E-state index is 0.0812. The number of rotatable bonds is 4. The summed E-state index contributed by atoms with van der Waals surface area (Å²) in [6.45, 7) is 2.08. The van der Waals surface area contributed by atoms with E-state index in [1.54, 1.807) is 12.1 Å². The van der Waals surface area contributed by atoms with Crippen LogP contribution in [0.25, 0.3) is 10.9 Å². The Hall–Kier alpha value is -2.67. The van der Waals surface area contributed by atoms with Crippen molar-refractivity contribution >= 4 is 44.1 Å². The van der Waals surface area contributed by atoms with Crippen molar-refractivity contribution in [3.8, 4) is 0 Å². The van der Waals surface area contributed by atoms with Gasteiger partial charge in [0.15, 0.2) is 0 Å². The minimum atomic E-state index is -0.262. The van der Waals surface area contributed by atoms with Gasteiger partial charge in [0.05, 0.1) is 17.2 Å². The van der Waals surface area contributed by atoms with Gasteiger partial charge in [-0.25, -0.2) is 4.98 Å². The number of nitrogens with zero attached hydrogens (tertiary/aromatic N) is 3. The van der Waals surface area contributed by atoms with Crippen LogP contribution >= 0.6 is 15.9 Å². The quantitative estimate of drug-likeness (QED) is 0.693. The Labute approximate surface area is 165 Å². The van der Waals surface area contributed by atoms with Crippen LogP contribution in [0.1, 0.15) is 12.8 Å². The highest BCUT2D eigenvalue weighted by atomic mass is 79.9. The molecular weight excluding hydrogens is 408 g/mol. The van der Waals surface area contributed by atoms with E-state index in [2.05, 4.69) is 31.1 Å². The molecule has 0 aliphatic carbocycles. The third-order valence-electron chi connectivity index (χ3n) is 4.72. The highest BCUT2D eigenvalue weighted by Crippen LogP contribution is 2.22. The molecule has 1 aliphatic rings. The number of hydrogen-bond acceptors (Lipinski definition) is 4. The Morgan fingerprint density at radius 3 is 2.59 bits per heavy atom. The van der Waals surface area contributed by atoms with E-state index in [9.17, 15) is 9.59 Å². The van der Waals surface area contributed by atoms with Gasteiger partial charge in [-0.3, -0.25) is 14.2 Å². The Bertz CT molecular complexity index is 1040. The molecule has 1 aliphatic heterocycles. The van der Waals surface area contributed by atoms with Crippen molar-refractivity contribution < 1.29 is 4.79 Å². The van der Waals surface area contributed by atoms with Gasteiger partial charge in [0.1, 0.15) is 6.54 Å². The molecule has 2 heterocycles. The van der Waals surface area contributed by atoms with E-state index in [1.807, 2.05) is 30.3 Å². The van der Waals surface area contributed by atoms with Crippen molar-refractivity contribution in [1.29, 1.82) is 0 Å². The number of nitrogens with one attached hydrogen (secondary N) is 1. The maximum absolute atomic E-state index is 12.6. The zero-order chi connectivity index (χ0) is 18.8. The van der Waals surface area contributed by atoms with E-state index in [4.69, 9.17) is 0 Å². The van der Waals surface area contributed by atoms with E-state index < -0.39 is 0 Å². The number of halogens is 1. The molecule has 3 aromatic rings. The van der Waals surface area contributed by atoms with Crippen molar-refractivity contribution in [2.75, 3.05) is 23.3 Å². The number of carbonyl (C=O) groups excluding carboxylic acids is 1. The lowest BCUT2D eigenvalue weighted by atomic mass is 10.2. The van der Waals surface area contributed by atoms with Gasteiger partial charge in [0.25, 0.3) is 5.56 Å². The lowest BCUT2D eigenvalue weighted by molar-refractivity contribution is -0.116. The van der Waals surface area contributed by atoms with Crippen molar-refractivity contribution in [3.05, 3.63) is 63.6 Å². The molecule has 0 spiro atoms. The van der Waals surface area contributed by atoms with E-state index in [-0.39, 0.29) is 18.0 Å². The van der Waals surface area contributed by atoms with Crippen molar-refractivity contribution in [1.82, 2.24) is 9.55 Å². The zero-order valence-electron chi connectivity index (χ0n) is 14.7. The fourth-order valence-electron chi connectivity index (χ4n) is 3.33. The zero-order valence-corrected chi connectivity index (χ0v) is 16.3. The fraction of sp³-hybridized carbons (Fsp3) is 0.250. The minimum Gasteiger partial charge on any atom is -0.372 e. The summed E-state index contributed by atoms with van der Waals surface area (Å²) in [5.74, 6) is -0.262. The maximum atomic E-state index is 12.6. The number of fused-ring (bicyclic) bond motifs is 1. The second-order valence-corrected chi connectivity index (χ2v) is 7.54. The Balaban J connectivity index is 1.47. The summed E-state index contributed by atoms with van der Waals surface area (Å²) >= 11 is 3.36. The molecule has 1 fully saturated rings. The molecule has 4 rings (SSSR count). The lowest BCUT2D eigenvalue weighted by Crippen LogP contribution is -2.28. The first kappa shape index (κ1) is 17.7. The van der Waals surface area contributed by atoms with E-state index in [1.165, 1.54) is 29.4 Å². The summed E-state index contributed by atoms with van der Waals surface area (Å²) in [5.41, 5.74) is 2.26. The van der Waals surface area contributed by atoms with Gasteiger partial charge >= 0.3 is 0 Å². The number of hydrogen-bond donors (Lipinski definition) is 1. The third kappa shape index (κ3) is 3.88. The van der Waals surface area contributed by atoms with Gasteiger partial charge in [0, 0.05) is 28.9 Å². The molecule has 1 amide bonds. The molecule has 2 aromatic carbocycles. The van der Waals surface area contributed by atoms with Crippen molar-refractivity contribution in [2.24, 2.45) is 0 Å². The lowest BCUT2D eigenvalue weighted by Gasteiger charge is -2.17. The van der Waals surface area contributed by atoms with E-state index >= 15 is 0 Å². The standard InChI is InChI=1S/C20H19BrN4O2/c21-14-3-8-18-17(11-14)20(27)25(13-22-18)12-19(26)23-15-4-6-16(7-5-15)24-9-1-2-10-24/h3-8,11,13H,1-2,9-10,12H2,(H,23,26). The molecule has 0 saturated carbocycles. The largest absolute Gasteiger partial charge is 0.372 e. The first-order valence-corrected chi connectivity index (χ1v) is 9.69. The summed E-state index contributed by atoms with van der Waals surface area (Å²) in [6, 6.07) is 13.1. The van der Waals surface area contributed by atoms with Crippen LogP contribution in [-0.2, 0) is 11.3 Å². The van der Waals surface area contributed by atoms with Gasteiger partial charge in [-0.05, 0) is 55.3 Å². The average Bonchev–Trinajstić information content (AvgIpc) is 3.20. The van der Waals surface area contributed by atoms with Crippen LogP contribution in [0.3, 0.4) is 0 Å². The van der Waals surface area contributed by atoms with Gasteiger partial charge in [-0.15, -0.1) is 0 Å². The van der Waals surface area contributed by atoms with Crippen LogP contribution in [0.2, 0.25) is 0 Å². The number of carbonyl (C=O) groups is 1. The fourth-order valence-corrected chi connectivity index (χ4v) is 3.69. The number of amides is 1. The van der Waals surface area contributed by atoms with Gasteiger partial charge in [0.2, 0.25) is 5.91 Å². The summed E-state index contributed by atoms with van der Waals surface area (Å²) in [4.78, 5) is 31.5. The average molecular weight is 427 g/mol. The Morgan fingerprint density at radius 2 is 1.85 bits per heavy atom. The SMILES string of the molecule is O=C(Cn1cnc2ccc(Br)cc2c1=O)Nc1ccc(N2CCCC2)cc1. The molecule has 0 bridgehead atoms. The number of benzene rings is 2. The smallest absolute Gasteiger partial charge is 0.261 e. The Kier molecular flexibility index (Phi) is 4.94. The summed E-state index contributed by atoms with van der Waals surface area (Å²) in [5, 5.41) is 3.32. The van der Waals surface area contributed by atoms with Crippen molar-refractivity contribution in [2.45, 2.75) is 19.4 Å². The second-order valence-electron chi connectivity index (χ2n) is 6.63. The second kappa shape index (κ2) is 7.52. The predicted molar refractivity (Wildman–Crippen MR) is 110 cm³/mol. The molecular formula is C20H19BrN4O2. The molecule has 0 atom stereocenters. The predicted octanol–water partition coefficient (Wildman–Crippen LogP) is 3.40. The van der Waals surface area contributed by atoms with Crippen LogP contribution in [0.4, 0.5) is 11.4 Å². The summed E-state index contributed by atoms with van der Waals surface area (Å²) in [7, 11) is 0. The van der Waals surface area contributed by atoms with Crippen LogP contribution in [0.5, 0.6) is 0 Å². The summed E-state index contributed by atoms with van der Waals surface area (Å²) in [6.07, 6.45) is 3.86. The first-order chi connectivity index (χ1) is 13.1. The van der Waals surface area contributed by atoms with Crippen LogP contribution in [-0.4, -0.2) is 28.5 Å². The van der Waals surface area contributed by atoms with Crippen LogP contribution in [0, 0.1) is 0 Å². The normalized spacial score (nSPS) is 13.9. The van der Waals surface area contributed by atoms with Gasteiger partial charge < -0.3 is 10.2 Å². The molecule has 1 saturated heterocycles. The Morgan fingerprint density at radius 1 is 1.11 bits per heavy atom. The monoisotopic (exact) mass is 426 g/mol. The van der Waals surface area contributed by atoms with Crippen molar-refractivity contribution in [3.63, 3.8) is 0 Å². The molecule has 6 nitrogen and oxygen atoms in total. The van der Waals surface area contributed by atoms with E-state index in [0.717, 1.165) is 17.6 Å². The molecule has 1 aromatic heterocycles. The van der Waals surface area contributed by atoms with Crippen LogP contribution < -0.4 is 15.8 Å². The highest BCUT2D eigenvalue weighted by molar-refractivity contribution is 9.10. The number of anilines is 2. The highest BCUT2D eigenvalue weighted by Gasteiger charge is 2.13. The molecule has 138 valence electrons. The molecule has 1 N–H and O–H groups in total. The molecule has 0 unspecified atom stereocenters. The molecule has 27 heavy (non-hydrogen) atoms. The third-order valence-corrected chi connectivity index (χ3v) is 5.22. The van der Waals surface area contributed by atoms with Crippen LogP contribution in [0.15, 0.2) is 58.1 Å². The summed E-state index contributed by atoms with van der Waals surface area (Å²) < 4.78 is 2.12. The topological polar surface area (TPSA) is 67.2 Å². The van der Waals surface area contributed by atoms with Gasteiger partial charge in [-0.1, -0.05) is 15.9 Å². The maximum Gasteiger partial charge on any atom is 0.261 e. The van der Waals surface area contributed by atoms with Gasteiger partial charge in [-0.2, -0.15) is 0 Å². The molecule has 7 heteroatoms. The number of aromatic nitrogens is 2. The molecule has 0 radical (unpaired) electrons. The van der Waals surface area contributed by atoms with E-state index in [0.29, 0.717) is 16.6 Å². The first-order valence-electron chi connectivity index (χ1n) is 8.90.